The summed E-state index contributed by atoms with van der Waals surface area (Å²) in [5.41, 5.74) is 6.39. The number of nitrogens with zero attached hydrogens (tertiary/aromatic N) is 1. The second-order valence-corrected chi connectivity index (χ2v) is 5.70. The van der Waals surface area contributed by atoms with Gasteiger partial charge in [-0.05, 0) is 49.6 Å². The van der Waals surface area contributed by atoms with E-state index in [0.717, 1.165) is 35.5 Å². The van der Waals surface area contributed by atoms with Crippen LogP contribution in [0.1, 0.15) is 27.0 Å². The van der Waals surface area contributed by atoms with Crippen molar-refractivity contribution in [2.45, 2.75) is 20.3 Å². The van der Waals surface area contributed by atoms with Gasteiger partial charge in [-0.3, -0.25) is 4.79 Å². The number of rotatable bonds is 2. The maximum atomic E-state index is 12.7. The monoisotopic (exact) mass is 280 g/mol. The van der Waals surface area contributed by atoms with E-state index in [-0.39, 0.29) is 5.91 Å². The molecule has 2 aromatic rings. The zero-order valence-electron chi connectivity index (χ0n) is 12.7. The minimum Gasteiger partial charge on any atom is -0.384 e. The van der Waals surface area contributed by atoms with Crippen LogP contribution < -0.4 is 10.2 Å². The number of carbonyl (C=O) groups is 1. The maximum absolute atomic E-state index is 12.7. The fraction of sp³-hybridized carbons (Fsp3) is 0.278. The molecule has 0 spiro atoms. The number of nitrogens with one attached hydrogen (secondary N) is 1. The number of amides is 1. The van der Waals surface area contributed by atoms with Crippen LogP contribution in [-0.2, 0) is 6.42 Å². The van der Waals surface area contributed by atoms with Gasteiger partial charge in [0.1, 0.15) is 0 Å². The lowest BCUT2D eigenvalue weighted by molar-refractivity contribution is 0.0993. The molecule has 1 aliphatic heterocycles. The first kappa shape index (κ1) is 13.7. The molecule has 1 heterocycles. The Balaban J connectivity index is 1.90. The third-order valence-electron chi connectivity index (χ3n) is 4.08. The fourth-order valence-corrected chi connectivity index (χ4v) is 2.91. The Morgan fingerprint density at radius 1 is 1.14 bits per heavy atom. The van der Waals surface area contributed by atoms with E-state index >= 15 is 0 Å². The lowest BCUT2D eigenvalue weighted by Gasteiger charge is -2.20. The normalized spacial score (nSPS) is 12.7. The molecule has 1 N–H and O–H groups in total. The van der Waals surface area contributed by atoms with Crippen LogP contribution in [0.2, 0.25) is 0 Å². The van der Waals surface area contributed by atoms with Gasteiger partial charge in [0.25, 0.3) is 5.91 Å². The predicted molar refractivity (Wildman–Crippen MR) is 87.3 cm³/mol. The molecule has 0 atom stereocenters. The number of hydrogen-bond acceptors (Lipinski definition) is 2. The van der Waals surface area contributed by atoms with Crippen molar-refractivity contribution in [2.75, 3.05) is 23.8 Å². The summed E-state index contributed by atoms with van der Waals surface area (Å²) in [5, 5.41) is 3.32. The van der Waals surface area contributed by atoms with Crippen LogP contribution >= 0.6 is 0 Å². The molecule has 0 radical (unpaired) electrons. The largest absolute Gasteiger partial charge is 0.384 e. The number of benzene rings is 2. The average Bonchev–Trinajstić information content (AvgIpc) is 2.93. The third kappa shape index (κ3) is 2.51. The standard InChI is InChI=1S/C18H20N2O/c1-12-4-7-17(13(2)10-12)20(3)18(21)15-6-5-14-8-9-19-16(14)11-15/h4-7,10-11,19H,8-9H2,1-3H3. The van der Waals surface area contributed by atoms with E-state index in [4.69, 9.17) is 0 Å². The Bertz CT molecular complexity index is 706. The van der Waals surface area contributed by atoms with Crippen molar-refractivity contribution in [3.8, 4) is 0 Å². The molecule has 3 rings (SSSR count). The van der Waals surface area contributed by atoms with Gasteiger partial charge in [0.05, 0.1) is 0 Å². The highest BCUT2D eigenvalue weighted by atomic mass is 16.2. The molecule has 0 aromatic heterocycles. The third-order valence-corrected chi connectivity index (χ3v) is 4.08. The molecule has 0 bridgehead atoms. The van der Waals surface area contributed by atoms with Crippen LogP contribution in [0.3, 0.4) is 0 Å². The SMILES string of the molecule is Cc1ccc(N(C)C(=O)c2ccc3c(c2)NCC3)c(C)c1. The molecule has 108 valence electrons. The minimum absolute atomic E-state index is 0.0263. The molecular weight excluding hydrogens is 260 g/mol. The summed E-state index contributed by atoms with van der Waals surface area (Å²) in [4.78, 5) is 14.4. The van der Waals surface area contributed by atoms with Gasteiger partial charge >= 0.3 is 0 Å². The quantitative estimate of drug-likeness (QED) is 0.912. The highest BCUT2D eigenvalue weighted by Gasteiger charge is 2.18. The first-order valence-corrected chi connectivity index (χ1v) is 7.28. The zero-order valence-corrected chi connectivity index (χ0v) is 12.7. The Labute approximate surface area is 125 Å². The predicted octanol–water partition coefficient (Wildman–Crippen LogP) is 3.55. The summed E-state index contributed by atoms with van der Waals surface area (Å²) >= 11 is 0. The van der Waals surface area contributed by atoms with Gasteiger partial charge in [-0.2, -0.15) is 0 Å². The molecule has 3 heteroatoms. The van der Waals surface area contributed by atoms with E-state index in [0.29, 0.717) is 0 Å². The van der Waals surface area contributed by atoms with E-state index in [1.165, 1.54) is 11.1 Å². The maximum Gasteiger partial charge on any atom is 0.258 e. The van der Waals surface area contributed by atoms with Gasteiger partial charge in [0, 0.05) is 30.5 Å². The Hall–Kier alpha value is -2.29. The van der Waals surface area contributed by atoms with E-state index < -0.39 is 0 Å². The van der Waals surface area contributed by atoms with E-state index in [1.54, 1.807) is 4.90 Å². The number of fused-ring (bicyclic) bond motifs is 1. The molecule has 0 fully saturated rings. The summed E-state index contributed by atoms with van der Waals surface area (Å²) in [6.07, 6.45) is 1.04. The molecule has 1 aliphatic rings. The molecule has 0 aliphatic carbocycles. The van der Waals surface area contributed by atoms with E-state index in [9.17, 15) is 4.79 Å². The Morgan fingerprint density at radius 3 is 2.71 bits per heavy atom. The van der Waals surface area contributed by atoms with Gasteiger partial charge in [-0.15, -0.1) is 0 Å². The second-order valence-electron chi connectivity index (χ2n) is 5.70. The van der Waals surface area contributed by atoms with Crippen molar-refractivity contribution in [2.24, 2.45) is 0 Å². The van der Waals surface area contributed by atoms with Gasteiger partial charge in [-0.25, -0.2) is 0 Å². The van der Waals surface area contributed by atoms with Crippen molar-refractivity contribution in [3.63, 3.8) is 0 Å². The van der Waals surface area contributed by atoms with Crippen molar-refractivity contribution < 1.29 is 4.79 Å². The fourth-order valence-electron chi connectivity index (χ4n) is 2.91. The molecule has 0 unspecified atom stereocenters. The lowest BCUT2D eigenvalue weighted by Crippen LogP contribution is -2.27. The van der Waals surface area contributed by atoms with Crippen LogP contribution in [0.4, 0.5) is 11.4 Å². The van der Waals surface area contributed by atoms with Crippen LogP contribution in [-0.4, -0.2) is 19.5 Å². The second kappa shape index (κ2) is 5.24. The smallest absolute Gasteiger partial charge is 0.258 e. The summed E-state index contributed by atoms with van der Waals surface area (Å²) in [6, 6.07) is 12.1. The summed E-state index contributed by atoms with van der Waals surface area (Å²) in [6.45, 7) is 5.06. The molecule has 21 heavy (non-hydrogen) atoms. The molecular formula is C18H20N2O. The van der Waals surface area contributed by atoms with Crippen molar-refractivity contribution in [1.29, 1.82) is 0 Å². The molecule has 0 saturated heterocycles. The highest BCUT2D eigenvalue weighted by Crippen LogP contribution is 2.26. The van der Waals surface area contributed by atoms with Gasteiger partial charge in [0.15, 0.2) is 0 Å². The summed E-state index contributed by atoms with van der Waals surface area (Å²) < 4.78 is 0. The first-order valence-electron chi connectivity index (χ1n) is 7.28. The van der Waals surface area contributed by atoms with Gasteiger partial charge < -0.3 is 10.2 Å². The zero-order chi connectivity index (χ0) is 15.0. The van der Waals surface area contributed by atoms with E-state index in [2.05, 4.69) is 24.4 Å². The van der Waals surface area contributed by atoms with Gasteiger partial charge in [-0.1, -0.05) is 23.8 Å². The number of carbonyl (C=O) groups excluding carboxylic acids is 1. The van der Waals surface area contributed by atoms with E-state index in [1.807, 2.05) is 38.2 Å². The topological polar surface area (TPSA) is 32.3 Å². The molecule has 2 aromatic carbocycles. The van der Waals surface area contributed by atoms with Crippen LogP contribution in [0, 0.1) is 13.8 Å². The number of hydrogen-bond donors (Lipinski definition) is 1. The molecule has 1 amide bonds. The number of anilines is 2. The van der Waals surface area contributed by atoms with Crippen molar-refractivity contribution in [3.05, 3.63) is 58.7 Å². The number of aryl methyl sites for hydroxylation is 2. The minimum atomic E-state index is 0.0263. The van der Waals surface area contributed by atoms with Crippen LogP contribution in [0.15, 0.2) is 36.4 Å². The molecule has 3 nitrogen and oxygen atoms in total. The lowest BCUT2D eigenvalue weighted by atomic mass is 10.1. The van der Waals surface area contributed by atoms with Crippen molar-refractivity contribution in [1.82, 2.24) is 0 Å². The highest BCUT2D eigenvalue weighted by molar-refractivity contribution is 6.06. The van der Waals surface area contributed by atoms with Crippen LogP contribution in [0.25, 0.3) is 0 Å². The van der Waals surface area contributed by atoms with Crippen molar-refractivity contribution >= 4 is 17.3 Å². The Kier molecular flexibility index (Phi) is 3.42. The average molecular weight is 280 g/mol. The van der Waals surface area contributed by atoms with Crippen LogP contribution in [0.5, 0.6) is 0 Å². The summed E-state index contributed by atoms with van der Waals surface area (Å²) in [5.74, 6) is 0.0263. The summed E-state index contributed by atoms with van der Waals surface area (Å²) in [7, 11) is 1.83. The molecule has 0 saturated carbocycles. The van der Waals surface area contributed by atoms with Gasteiger partial charge in [0.2, 0.25) is 0 Å². The first-order chi connectivity index (χ1) is 10.1. The Morgan fingerprint density at radius 2 is 1.95 bits per heavy atom.